The Kier molecular flexibility index (Phi) is 6.97. The highest BCUT2D eigenvalue weighted by atomic mass is 32.1. The van der Waals surface area contributed by atoms with Crippen LogP contribution in [0, 0.1) is 0 Å². The van der Waals surface area contributed by atoms with Crippen LogP contribution in [0.2, 0.25) is 0 Å². The number of rotatable bonds is 7. The molecule has 4 nitrogen and oxygen atoms in total. The number of hydrogen-bond donors (Lipinski definition) is 2. The van der Waals surface area contributed by atoms with Gasteiger partial charge < -0.3 is 15.0 Å². The standard InChI is InChI=1S/C21H26N2O2S/c24-21(22-12-11-17-7-3-1-4-8-17)23-14-20(26)13-19(23)16-25-15-18-9-5-2-6-10-18/h1-10,19-20,26H,11-16H2,(H,22,24)/t19-,20+/m0/s1. The minimum atomic E-state index is -0.0224. The van der Waals surface area contributed by atoms with Crippen molar-refractivity contribution >= 4 is 18.7 Å². The third-order valence-electron chi connectivity index (χ3n) is 4.61. The Bertz CT molecular complexity index is 681. The van der Waals surface area contributed by atoms with E-state index in [1.165, 1.54) is 5.56 Å². The predicted octanol–water partition coefficient (Wildman–Crippen LogP) is 3.53. The summed E-state index contributed by atoms with van der Waals surface area (Å²) in [6.07, 6.45) is 1.70. The first-order chi connectivity index (χ1) is 12.7. The van der Waals surface area contributed by atoms with E-state index in [4.69, 9.17) is 4.74 Å². The molecule has 5 heteroatoms. The number of ether oxygens (including phenoxy) is 1. The highest BCUT2D eigenvalue weighted by molar-refractivity contribution is 7.81. The number of hydrogen-bond acceptors (Lipinski definition) is 3. The Hall–Kier alpha value is -1.98. The molecular weight excluding hydrogens is 344 g/mol. The molecular formula is C21H26N2O2S. The molecule has 0 spiro atoms. The molecule has 138 valence electrons. The van der Waals surface area contributed by atoms with Crippen molar-refractivity contribution in [1.82, 2.24) is 10.2 Å². The van der Waals surface area contributed by atoms with E-state index >= 15 is 0 Å². The summed E-state index contributed by atoms with van der Waals surface area (Å²) >= 11 is 4.57. The second-order valence-electron chi connectivity index (χ2n) is 6.66. The maximum atomic E-state index is 12.5. The molecule has 1 saturated heterocycles. The highest BCUT2D eigenvalue weighted by Gasteiger charge is 2.33. The van der Waals surface area contributed by atoms with Gasteiger partial charge in [-0.15, -0.1) is 0 Å². The molecule has 3 rings (SSSR count). The molecule has 1 aliphatic rings. The van der Waals surface area contributed by atoms with Crippen molar-refractivity contribution in [3.8, 4) is 0 Å². The summed E-state index contributed by atoms with van der Waals surface area (Å²) in [5.41, 5.74) is 2.37. The van der Waals surface area contributed by atoms with E-state index < -0.39 is 0 Å². The molecule has 2 amide bonds. The van der Waals surface area contributed by atoms with Crippen LogP contribution in [0.5, 0.6) is 0 Å². The largest absolute Gasteiger partial charge is 0.375 e. The van der Waals surface area contributed by atoms with Crippen LogP contribution in [0.3, 0.4) is 0 Å². The Labute approximate surface area is 161 Å². The summed E-state index contributed by atoms with van der Waals surface area (Å²) in [5.74, 6) is 0. The zero-order valence-electron chi connectivity index (χ0n) is 14.9. The van der Waals surface area contributed by atoms with Crippen LogP contribution in [-0.4, -0.2) is 41.9 Å². The van der Waals surface area contributed by atoms with Crippen LogP contribution in [0.15, 0.2) is 60.7 Å². The molecule has 0 unspecified atom stereocenters. The van der Waals surface area contributed by atoms with Gasteiger partial charge in [-0.25, -0.2) is 4.79 Å². The van der Waals surface area contributed by atoms with Crippen LogP contribution in [0.4, 0.5) is 4.79 Å². The van der Waals surface area contributed by atoms with E-state index in [1.807, 2.05) is 53.4 Å². The third-order valence-corrected chi connectivity index (χ3v) is 4.98. The molecule has 1 heterocycles. The number of urea groups is 1. The lowest BCUT2D eigenvalue weighted by atomic mass is 10.1. The average molecular weight is 371 g/mol. The molecule has 0 saturated carbocycles. The first-order valence-corrected chi connectivity index (χ1v) is 9.62. The minimum Gasteiger partial charge on any atom is -0.375 e. The van der Waals surface area contributed by atoms with Gasteiger partial charge in [0, 0.05) is 18.3 Å². The number of amides is 2. The van der Waals surface area contributed by atoms with E-state index in [2.05, 4.69) is 30.1 Å². The molecule has 26 heavy (non-hydrogen) atoms. The number of nitrogens with zero attached hydrogens (tertiary/aromatic N) is 1. The molecule has 0 radical (unpaired) electrons. The van der Waals surface area contributed by atoms with E-state index in [0.717, 1.165) is 18.4 Å². The first-order valence-electron chi connectivity index (χ1n) is 9.10. The van der Waals surface area contributed by atoms with Crippen LogP contribution < -0.4 is 5.32 Å². The second kappa shape index (κ2) is 9.64. The van der Waals surface area contributed by atoms with Gasteiger partial charge >= 0.3 is 6.03 Å². The zero-order chi connectivity index (χ0) is 18.2. The number of carbonyl (C=O) groups is 1. The van der Waals surface area contributed by atoms with Crippen molar-refractivity contribution in [2.75, 3.05) is 19.7 Å². The number of thiol groups is 1. The normalized spacial score (nSPS) is 19.5. The minimum absolute atomic E-state index is 0.0224. The molecule has 2 aromatic carbocycles. The molecule has 1 fully saturated rings. The van der Waals surface area contributed by atoms with Crippen molar-refractivity contribution < 1.29 is 9.53 Å². The van der Waals surface area contributed by atoms with E-state index in [-0.39, 0.29) is 17.3 Å². The first kappa shape index (κ1) is 18.8. The summed E-state index contributed by atoms with van der Waals surface area (Å²) in [5, 5.41) is 3.24. The fourth-order valence-corrected chi connectivity index (χ4v) is 3.67. The van der Waals surface area contributed by atoms with E-state index in [0.29, 0.717) is 26.3 Å². The third kappa shape index (κ3) is 5.51. The summed E-state index contributed by atoms with van der Waals surface area (Å²) < 4.78 is 5.85. The van der Waals surface area contributed by atoms with Gasteiger partial charge in [-0.1, -0.05) is 60.7 Å². The lowest BCUT2D eigenvalue weighted by Crippen LogP contribution is -2.45. The lowest BCUT2D eigenvalue weighted by molar-refractivity contribution is 0.0755. The van der Waals surface area contributed by atoms with Gasteiger partial charge in [0.15, 0.2) is 0 Å². The smallest absolute Gasteiger partial charge is 0.317 e. The molecule has 0 aliphatic carbocycles. The maximum Gasteiger partial charge on any atom is 0.317 e. The molecule has 0 aromatic heterocycles. The Balaban J connectivity index is 1.44. The highest BCUT2D eigenvalue weighted by Crippen LogP contribution is 2.22. The van der Waals surface area contributed by atoms with Crippen LogP contribution in [0.25, 0.3) is 0 Å². The van der Waals surface area contributed by atoms with E-state index in [1.54, 1.807) is 0 Å². The fourth-order valence-electron chi connectivity index (χ4n) is 3.25. The van der Waals surface area contributed by atoms with Crippen molar-refractivity contribution in [2.24, 2.45) is 0 Å². The number of benzene rings is 2. The molecule has 2 atom stereocenters. The number of likely N-dealkylation sites (tertiary alicyclic amines) is 1. The Morgan fingerprint density at radius 1 is 1.08 bits per heavy atom. The van der Waals surface area contributed by atoms with E-state index in [9.17, 15) is 4.79 Å². The molecule has 2 aromatic rings. The van der Waals surface area contributed by atoms with Gasteiger partial charge in [0.25, 0.3) is 0 Å². The SMILES string of the molecule is O=C(NCCc1ccccc1)N1C[C@H](S)C[C@H]1COCc1ccccc1. The van der Waals surface area contributed by atoms with Gasteiger partial charge in [0.1, 0.15) is 0 Å². The molecule has 0 bridgehead atoms. The predicted molar refractivity (Wildman–Crippen MR) is 108 cm³/mol. The van der Waals surface area contributed by atoms with Crippen molar-refractivity contribution in [3.63, 3.8) is 0 Å². The number of nitrogens with one attached hydrogen (secondary N) is 1. The summed E-state index contributed by atoms with van der Waals surface area (Å²) in [6, 6.07) is 20.3. The van der Waals surface area contributed by atoms with Crippen molar-refractivity contribution in [1.29, 1.82) is 0 Å². The summed E-state index contributed by atoms with van der Waals surface area (Å²) in [6.45, 7) is 2.41. The van der Waals surface area contributed by atoms with Gasteiger partial charge in [-0.05, 0) is 24.0 Å². The lowest BCUT2D eigenvalue weighted by Gasteiger charge is -2.25. The molecule has 1 aliphatic heterocycles. The summed E-state index contributed by atoms with van der Waals surface area (Å²) in [4.78, 5) is 14.4. The number of carbonyl (C=O) groups excluding carboxylic acids is 1. The fraction of sp³-hybridized carbons (Fsp3) is 0.381. The van der Waals surface area contributed by atoms with Crippen LogP contribution in [-0.2, 0) is 17.8 Å². The van der Waals surface area contributed by atoms with Crippen LogP contribution >= 0.6 is 12.6 Å². The average Bonchev–Trinajstić information content (AvgIpc) is 3.04. The Morgan fingerprint density at radius 2 is 1.73 bits per heavy atom. The van der Waals surface area contributed by atoms with Gasteiger partial charge in [-0.2, -0.15) is 12.6 Å². The summed E-state index contributed by atoms with van der Waals surface area (Å²) in [7, 11) is 0. The topological polar surface area (TPSA) is 41.6 Å². The zero-order valence-corrected chi connectivity index (χ0v) is 15.8. The van der Waals surface area contributed by atoms with Crippen molar-refractivity contribution in [2.45, 2.75) is 30.7 Å². The monoisotopic (exact) mass is 370 g/mol. The quantitative estimate of drug-likeness (QED) is 0.732. The van der Waals surface area contributed by atoms with Crippen LogP contribution in [0.1, 0.15) is 17.5 Å². The van der Waals surface area contributed by atoms with Gasteiger partial charge in [0.05, 0.1) is 19.3 Å². The molecule has 1 N–H and O–H groups in total. The maximum absolute atomic E-state index is 12.5. The second-order valence-corrected chi connectivity index (χ2v) is 7.39. The van der Waals surface area contributed by atoms with Gasteiger partial charge in [0.2, 0.25) is 0 Å². The van der Waals surface area contributed by atoms with Crippen molar-refractivity contribution in [3.05, 3.63) is 71.8 Å². The van der Waals surface area contributed by atoms with Gasteiger partial charge in [-0.3, -0.25) is 0 Å². The Morgan fingerprint density at radius 3 is 2.42 bits per heavy atom.